The first-order chi connectivity index (χ1) is 13.6. The Morgan fingerprint density at radius 3 is 1.43 bits per heavy atom. The molecular weight excluding hydrogens is 449 g/mol. The van der Waals surface area contributed by atoms with Gasteiger partial charge in [0, 0.05) is 6.42 Å². The first-order valence-electron chi connectivity index (χ1n) is 9.37. The van der Waals surface area contributed by atoms with Gasteiger partial charge in [-0.2, -0.15) is 0 Å². The van der Waals surface area contributed by atoms with Gasteiger partial charge in [0.25, 0.3) is 0 Å². The fourth-order valence-electron chi connectivity index (χ4n) is 2.71. The van der Waals surface area contributed by atoms with Crippen molar-refractivity contribution in [2.24, 2.45) is 10.2 Å². The monoisotopic (exact) mass is 481 g/mol. The van der Waals surface area contributed by atoms with Gasteiger partial charge in [0.2, 0.25) is 0 Å². The molecule has 30 heavy (non-hydrogen) atoms. The second-order valence-corrected chi connectivity index (χ2v) is 11.8. The van der Waals surface area contributed by atoms with Gasteiger partial charge in [0.15, 0.2) is 0 Å². The third-order valence-corrected chi connectivity index (χ3v) is 5.74. The van der Waals surface area contributed by atoms with Crippen molar-refractivity contribution in [2.75, 3.05) is 19.0 Å². The maximum atomic E-state index is 11.1. The summed E-state index contributed by atoms with van der Waals surface area (Å²) < 4.78 is 29.3. The van der Waals surface area contributed by atoms with Crippen molar-refractivity contribution in [1.29, 1.82) is 0 Å². The molecule has 0 saturated heterocycles. The zero-order valence-electron chi connectivity index (χ0n) is 18.3. The van der Waals surface area contributed by atoms with E-state index in [2.05, 4.69) is 10.2 Å². The second kappa shape index (κ2) is 10.4. The molecule has 0 heterocycles. The molecule has 2 aromatic rings. The zero-order chi connectivity index (χ0) is 23.2. The number of hydrogen-bond acceptors (Lipinski definition) is 6. The molecule has 8 nitrogen and oxygen atoms in total. The van der Waals surface area contributed by atoms with Crippen molar-refractivity contribution in [2.45, 2.75) is 45.3 Å². The van der Waals surface area contributed by atoms with Crippen LogP contribution in [0, 0.1) is 0 Å². The van der Waals surface area contributed by atoms with Gasteiger partial charge in [-0.25, -0.2) is 0 Å². The molecule has 0 radical (unpaired) electrons. The molecular formula is C21H32AsN3O5. The Labute approximate surface area is 180 Å². The topological polar surface area (TPSA) is 126 Å². The Balaban J connectivity index is 0.000000424. The molecule has 4 N–H and O–H groups in total. The SMILES string of the molecule is CC(C)(O)CC(C)(C)O.CN(C)c1ccc(N=Nc2ccc([As](=O)(O)O)cc2)cc1. The fourth-order valence-corrected chi connectivity index (χ4v) is 3.83. The summed E-state index contributed by atoms with van der Waals surface area (Å²) in [6.07, 6.45) is 0.403. The van der Waals surface area contributed by atoms with E-state index in [0.717, 1.165) is 5.69 Å². The van der Waals surface area contributed by atoms with Crippen molar-refractivity contribution in [3.05, 3.63) is 48.5 Å². The van der Waals surface area contributed by atoms with Crippen LogP contribution in [0.2, 0.25) is 0 Å². The normalized spacial score (nSPS) is 12.5. The van der Waals surface area contributed by atoms with Gasteiger partial charge < -0.3 is 10.2 Å². The van der Waals surface area contributed by atoms with E-state index in [-0.39, 0.29) is 4.35 Å². The second-order valence-electron chi connectivity index (χ2n) is 8.47. The summed E-state index contributed by atoms with van der Waals surface area (Å²) in [5.74, 6) is 0. The van der Waals surface area contributed by atoms with Crippen LogP contribution in [0.1, 0.15) is 34.1 Å². The van der Waals surface area contributed by atoms with E-state index in [1.54, 1.807) is 27.7 Å². The molecule has 0 saturated carbocycles. The van der Waals surface area contributed by atoms with E-state index >= 15 is 0 Å². The number of nitrogens with zero attached hydrogens (tertiary/aromatic N) is 3. The average Bonchev–Trinajstić information content (AvgIpc) is 2.57. The van der Waals surface area contributed by atoms with Crippen LogP contribution < -0.4 is 9.25 Å². The average molecular weight is 481 g/mol. The number of azo groups is 1. The van der Waals surface area contributed by atoms with Crippen LogP contribution in [0.4, 0.5) is 17.1 Å². The van der Waals surface area contributed by atoms with Gasteiger partial charge in [0.05, 0.1) is 11.2 Å². The van der Waals surface area contributed by atoms with Gasteiger partial charge >= 0.3 is 125 Å². The number of anilines is 1. The van der Waals surface area contributed by atoms with E-state index in [1.807, 2.05) is 43.3 Å². The molecule has 0 atom stereocenters. The van der Waals surface area contributed by atoms with E-state index in [0.29, 0.717) is 17.8 Å². The van der Waals surface area contributed by atoms with Crippen molar-refractivity contribution in [3.8, 4) is 0 Å². The molecule has 0 bridgehead atoms. The number of hydrogen-bond donors (Lipinski definition) is 4. The molecule has 0 amide bonds. The molecule has 9 heteroatoms. The summed E-state index contributed by atoms with van der Waals surface area (Å²) in [5, 5.41) is 26.5. The standard InChI is InChI=1S/C14H16AsN3O3.C7H16O2/c1-18(2)14-9-7-13(8-10-14)17-16-12-5-3-11(4-6-12)15(19,20)21;1-6(2,8)5-7(3,4)9/h3-10H,1-2H3,(H2,19,20,21);8-9H,5H2,1-4H3. The van der Waals surface area contributed by atoms with Crippen LogP contribution >= 0.6 is 0 Å². The first-order valence-corrected chi connectivity index (χ1v) is 12.8. The van der Waals surface area contributed by atoms with E-state index in [9.17, 15) is 14.0 Å². The molecule has 166 valence electrons. The molecule has 0 aliphatic heterocycles. The van der Waals surface area contributed by atoms with E-state index < -0.39 is 25.4 Å². The summed E-state index contributed by atoms with van der Waals surface area (Å²) in [6, 6.07) is 13.4. The summed E-state index contributed by atoms with van der Waals surface area (Å²) in [5.41, 5.74) is 0.793. The molecule has 0 aliphatic rings. The summed E-state index contributed by atoms with van der Waals surface area (Å²) in [6.45, 7) is 6.74. The molecule has 0 spiro atoms. The fraction of sp³-hybridized carbons (Fsp3) is 0.429. The first kappa shape index (κ1) is 26.1. The summed E-state index contributed by atoms with van der Waals surface area (Å²) in [7, 11) is 3.92. The van der Waals surface area contributed by atoms with Crippen molar-refractivity contribution < 1.29 is 22.1 Å². The zero-order valence-corrected chi connectivity index (χ0v) is 20.2. The van der Waals surface area contributed by atoms with Gasteiger partial charge in [-0.15, -0.1) is 0 Å². The summed E-state index contributed by atoms with van der Waals surface area (Å²) in [4.78, 5) is 1.99. The quantitative estimate of drug-likeness (QED) is 0.371. The predicted octanol–water partition coefficient (Wildman–Crippen LogP) is 2.65. The number of rotatable bonds is 6. The van der Waals surface area contributed by atoms with Crippen molar-refractivity contribution >= 4 is 35.6 Å². The Hall–Kier alpha value is -1.96. The Bertz CT molecular complexity index is 850. The Morgan fingerprint density at radius 2 is 1.17 bits per heavy atom. The van der Waals surface area contributed by atoms with Gasteiger partial charge in [-0.1, -0.05) is 0 Å². The summed E-state index contributed by atoms with van der Waals surface area (Å²) >= 11 is -4.82. The molecule has 0 aliphatic carbocycles. The van der Waals surface area contributed by atoms with Crippen molar-refractivity contribution in [3.63, 3.8) is 0 Å². The third kappa shape index (κ3) is 10.7. The van der Waals surface area contributed by atoms with E-state index in [1.165, 1.54) is 24.3 Å². The van der Waals surface area contributed by atoms with Gasteiger partial charge in [0.1, 0.15) is 0 Å². The van der Waals surface area contributed by atoms with E-state index in [4.69, 9.17) is 8.19 Å². The van der Waals surface area contributed by atoms with Crippen LogP contribution in [0.15, 0.2) is 58.8 Å². The maximum absolute atomic E-state index is 11.1. The minimum atomic E-state index is -4.82. The molecule has 0 aromatic heterocycles. The molecule has 0 fully saturated rings. The van der Waals surface area contributed by atoms with Crippen LogP contribution in [0.5, 0.6) is 0 Å². The van der Waals surface area contributed by atoms with Crippen LogP contribution in [0.25, 0.3) is 0 Å². The predicted molar refractivity (Wildman–Crippen MR) is 119 cm³/mol. The third-order valence-electron chi connectivity index (χ3n) is 3.70. The van der Waals surface area contributed by atoms with Gasteiger partial charge in [-0.3, -0.25) is 0 Å². The van der Waals surface area contributed by atoms with Crippen LogP contribution in [0.3, 0.4) is 0 Å². The van der Waals surface area contributed by atoms with Crippen LogP contribution in [-0.2, 0) is 3.74 Å². The molecule has 2 rings (SSSR count). The Morgan fingerprint density at radius 1 is 0.800 bits per heavy atom. The number of benzene rings is 2. The van der Waals surface area contributed by atoms with Gasteiger partial charge in [-0.05, 0) is 27.7 Å². The Kier molecular flexibility index (Phi) is 9.02. The number of aliphatic hydroxyl groups is 2. The molecule has 2 aromatic carbocycles. The molecule has 0 unspecified atom stereocenters. The van der Waals surface area contributed by atoms with Crippen molar-refractivity contribution in [1.82, 2.24) is 0 Å². The van der Waals surface area contributed by atoms with Crippen LogP contribution in [-0.4, -0.2) is 57.9 Å². The minimum absolute atomic E-state index is 0.0300.